The third-order valence-corrected chi connectivity index (χ3v) is 5.13. The topological polar surface area (TPSA) is 93.0 Å². The fourth-order valence-corrected chi connectivity index (χ4v) is 3.56. The van der Waals surface area contributed by atoms with Crippen LogP contribution >= 0.6 is 0 Å². The molecule has 1 aromatic carbocycles. The molecule has 8 nitrogen and oxygen atoms in total. The van der Waals surface area contributed by atoms with Gasteiger partial charge in [0.15, 0.2) is 5.82 Å². The Balaban J connectivity index is 1.44. The Bertz CT molecular complexity index is 1060. The molecular weight excluding hydrogens is 380 g/mol. The number of aromatic nitrogens is 4. The lowest BCUT2D eigenvalue weighted by atomic mass is 10.1. The first kappa shape index (κ1) is 19.8. The summed E-state index contributed by atoms with van der Waals surface area (Å²) in [5.41, 5.74) is 1.97. The molecule has 8 heteroatoms. The Morgan fingerprint density at radius 3 is 2.57 bits per heavy atom. The number of hydrogen-bond acceptors (Lipinski definition) is 6. The number of carbonyl (C=O) groups is 1. The van der Waals surface area contributed by atoms with E-state index in [2.05, 4.69) is 25.4 Å². The van der Waals surface area contributed by atoms with Crippen molar-refractivity contribution in [1.82, 2.24) is 19.7 Å². The third kappa shape index (κ3) is 4.89. The molecule has 1 aliphatic heterocycles. The number of carbonyl (C=O) groups excluding carboxylic acids is 1. The van der Waals surface area contributed by atoms with Gasteiger partial charge < -0.3 is 10.2 Å². The van der Waals surface area contributed by atoms with Crippen molar-refractivity contribution >= 4 is 17.4 Å². The van der Waals surface area contributed by atoms with E-state index in [9.17, 15) is 9.59 Å². The van der Waals surface area contributed by atoms with Gasteiger partial charge in [0.05, 0.1) is 12.0 Å². The van der Waals surface area contributed by atoms with Crippen LogP contribution in [0.4, 0.5) is 11.5 Å². The molecule has 1 N–H and O–H groups in total. The monoisotopic (exact) mass is 404 g/mol. The van der Waals surface area contributed by atoms with Crippen molar-refractivity contribution in [3.8, 4) is 11.3 Å². The van der Waals surface area contributed by atoms with Gasteiger partial charge in [0.25, 0.3) is 5.56 Å². The lowest BCUT2D eigenvalue weighted by Gasteiger charge is -2.20. The zero-order chi connectivity index (χ0) is 20.8. The average molecular weight is 404 g/mol. The Morgan fingerprint density at radius 2 is 1.83 bits per heavy atom. The van der Waals surface area contributed by atoms with Gasteiger partial charge in [0.1, 0.15) is 6.54 Å². The van der Waals surface area contributed by atoms with Crippen molar-refractivity contribution in [3.05, 3.63) is 65.3 Å². The first-order valence-corrected chi connectivity index (χ1v) is 10.2. The van der Waals surface area contributed by atoms with Crippen LogP contribution in [0.25, 0.3) is 11.3 Å². The number of nitrogens with one attached hydrogen (secondary N) is 1. The van der Waals surface area contributed by atoms with E-state index >= 15 is 0 Å². The molecular formula is C22H24N6O2. The van der Waals surface area contributed by atoms with Gasteiger partial charge in [-0.2, -0.15) is 0 Å². The molecule has 0 atom stereocenters. The van der Waals surface area contributed by atoms with Crippen molar-refractivity contribution in [3.63, 3.8) is 0 Å². The minimum absolute atomic E-state index is 0.0960. The van der Waals surface area contributed by atoms with Crippen LogP contribution in [0.3, 0.4) is 0 Å². The fraction of sp³-hybridized carbons (Fsp3) is 0.318. The van der Waals surface area contributed by atoms with Gasteiger partial charge in [-0.3, -0.25) is 14.2 Å². The molecule has 0 radical (unpaired) electrons. The first-order chi connectivity index (χ1) is 14.7. The molecule has 1 saturated heterocycles. The van der Waals surface area contributed by atoms with Crippen molar-refractivity contribution in [2.24, 2.45) is 0 Å². The molecule has 4 rings (SSSR count). The summed E-state index contributed by atoms with van der Waals surface area (Å²) in [4.78, 5) is 30.2. The highest BCUT2D eigenvalue weighted by molar-refractivity contribution is 5.91. The predicted molar refractivity (Wildman–Crippen MR) is 115 cm³/mol. The Labute approximate surface area is 174 Å². The zero-order valence-corrected chi connectivity index (χ0v) is 16.7. The molecule has 0 unspecified atom stereocenters. The molecule has 3 aromatic rings. The molecule has 0 bridgehead atoms. The second-order valence-corrected chi connectivity index (χ2v) is 7.35. The number of nitrogens with zero attached hydrogens (tertiary/aromatic N) is 5. The van der Waals surface area contributed by atoms with E-state index in [4.69, 9.17) is 0 Å². The quantitative estimate of drug-likeness (QED) is 0.703. The van der Waals surface area contributed by atoms with E-state index in [1.54, 1.807) is 6.07 Å². The van der Waals surface area contributed by atoms with Gasteiger partial charge >= 0.3 is 0 Å². The highest BCUT2D eigenvalue weighted by Gasteiger charge is 2.12. The lowest BCUT2D eigenvalue weighted by molar-refractivity contribution is -0.116. The summed E-state index contributed by atoms with van der Waals surface area (Å²) in [6.07, 6.45) is 7.68. The maximum absolute atomic E-state index is 12.3. The van der Waals surface area contributed by atoms with Crippen LogP contribution in [0.5, 0.6) is 0 Å². The third-order valence-electron chi connectivity index (χ3n) is 5.13. The van der Waals surface area contributed by atoms with Gasteiger partial charge in [-0.25, -0.2) is 4.98 Å². The summed E-state index contributed by atoms with van der Waals surface area (Å²) in [5, 5.41) is 11.6. The minimum Gasteiger partial charge on any atom is -0.355 e. The summed E-state index contributed by atoms with van der Waals surface area (Å²) in [5.74, 6) is 0.608. The van der Waals surface area contributed by atoms with Crippen molar-refractivity contribution in [1.29, 1.82) is 0 Å². The van der Waals surface area contributed by atoms with Gasteiger partial charge in [-0.1, -0.05) is 25.0 Å². The maximum Gasteiger partial charge on any atom is 0.253 e. The number of anilines is 2. The van der Waals surface area contributed by atoms with Crippen molar-refractivity contribution in [2.45, 2.75) is 32.2 Å². The van der Waals surface area contributed by atoms with Gasteiger partial charge in [0.2, 0.25) is 5.91 Å². The van der Waals surface area contributed by atoms with Crippen LogP contribution in [-0.2, 0) is 11.3 Å². The lowest BCUT2D eigenvalue weighted by Crippen LogP contribution is -2.27. The highest BCUT2D eigenvalue weighted by Crippen LogP contribution is 2.23. The summed E-state index contributed by atoms with van der Waals surface area (Å²) in [7, 11) is 0. The highest BCUT2D eigenvalue weighted by atomic mass is 16.2. The van der Waals surface area contributed by atoms with E-state index in [-0.39, 0.29) is 18.0 Å². The fourth-order valence-electron chi connectivity index (χ4n) is 3.56. The summed E-state index contributed by atoms with van der Waals surface area (Å²) >= 11 is 0. The van der Waals surface area contributed by atoms with Crippen LogP contribution in [0.2, 0.25) is 0 Å². The molecule has 1 amide bonds. The van der Waals surface area contributed by atoms with E-state index in [0.717, 1.165) is 30.2 Å². The number of rotatable bonds is 5. The number of benzene rings is 1. The van der Waals surface area contributed by atoms with Gasteiger partial charge in [-0.15, -0.1) is 10.2 Å². The maximum atomic E-state index is 12.3. The van der Waals surface area contributed by atoms with Crippen LogP contribution < -0.4 is 15.8 Å². The van der Waals surface area contributed by atoms with Crippen molar-refractivity contribution in [2.75, 3.05) is 23.3 Å². The minimum atomic E-state index is -0.301. The SMILES string of the molecule is O=C(Cn1cnccc1=O)Nc1cccc(-c2ccc(N3CCCCCC3)nn2)c1. The molecule has 154 valence electrons. The van der Waals surface area contributed by atoms with Crippen molar-refractivity contribution < 1.29 is 4.79 Å². The molecule has 1 aliphatic rings. The van der Waals surface area contributed by atoms with Crippen LogP contribution in [0.1, 0.15) is 25.7 Å². The smallest absolute Gasteiger partial charge is 0.253 e. The van der Waals surface area contributed by atoms with Gasteiger partial charge in [0, 0.05) is 36.6 Å². The molecule has 30 heavy (non-hydrogen) atoms. The predicted octanol–water partition coefficient (Wildman–Crippen LogP) is 2.72. The molecule has 0 spiro atoms. The molecule has 2 aromatic heterocycles. The van der Waals surface area contributed by atoms with Crippen LogP contribution in [-0.4, -0.2) is 38.7 Å². The van der Waals surface area contributed by atoms with E-state index < -0.39 is 0 Å². The molecule has 1 fully saturated rings. The Hall–Kier alpha value is -3.55. The molecule has 3 heterocycles. The second kappa shape index (κ2) is 9.30. The average Bonchev–Trinajstić information content (AvgIpc) is 3.05. The molecule has 0 aliphatic carbocycles. The Kier molecular flexibility index (Phi) is 6.12. The summed E-state index contributed by atoms with van der Waals surface area (Å²) < 4.78 is 1.26. The molecule has 0 saturated carbocycles. The van der Waals surface area contributed by atoms with Crippen LogP contribution in [0.15, 0.2) is 59.8 Å². The number of hydrogen-bond donors (Lipinski definition) is 1. The Morgan fingerprint density at radius 1 is 1.00 bits per heavy atom. The first-order valence-electron chi connectivity index (χ1n) is 10.2. The van der Waals surface area contributed by atoms with E-state index in [0.29, 0.717) is 5.69 Å². The zero-order valence-electron chi connectivity index (χ0n) is 16.7. The number of amides is 1. The van der Waals surface area contributed by atoms with Gasteiger partial charge in [-0.05, 0) is 37.1 Å². The summed E-state index contributed by atoms with van der Waals surface area (Å²) in [6.45, 7) is 1.95. The standard InChI is InChI=1S/C22H24N6O2/c29-21(15-28-16-23-11-10-22(28)30)24-18-7-5-6-17(14-18)19-8-9-20(26-25-19)27-12-3-1-2-4-13-27/h5-11,14,16H,1-4,12-13,15H2,(H,24,29). The normalized spacial score (nSPS) is 14.2. The van der Waals surface area contributed by atoms with Crippen LogP contribution in [0, 0.1) is 0 Å². The van der Waals surface area contributed by atoms with E-state index in [1.807, 2.05) is 30.3 Å². The largest absolute Gasteiger partial charge is 0.355 e. The second-order valence-electron chi connectivity index (χ2n) is 7.35. The summed E-state index contributed by atoms with van der Waals surface area (Å²) in [6, 6.07) is 12.7. The van der Waals surface area contributed by atoms with E-state index in [1.165, 1.54) is 48.8 Å².